The Balaban J connectivity index is 1.25. The molecule has 1 N–H and O–H groups in total. The molecular weight excluding hydrogens is 288 g/mol. The van der Waals surface area contributed by atoms with Crippen LogP contribution in [0.3, 0.4) is 0 Å². The van der Waals surface area contributed by atoms with Crippen LogP contribution in [0.4, 0.5) is 0 Å². The van der Waals surface area contributed by atoms with Gasteiger partial charge in [-0.25, -0.2) is 4.52 Å². The Morgan fingerprint density at radius 1 is 1.17 bits per heavy atom. The van der Waals surface area contributed by atoms with Crippen molar-refractivity contribution in [2.24, 2.45) is 23.2 Å². The molecule has 0 radical (unpaired) electrons. The van der Waals surface area contributed by atoms with Crippen molar-refractivity contribution in [1.82, 2.24) is 19.5 Å². The molecule has 0 saturated heterocycles. The fourth-order valence-corrected chi connectivity index (χ4v) is 5.92. The summed E-state index contributed by atoms with van der Waals surface area (Å²) in [6.07, 6.45) is 13.4. The van der Waals surface area contributed by atoms with Crippen molar-refractivity contribution in [3.05, 3.63) is 24.7 Å². The Kier molecular flexibility index (Phi) is 2.88. The Hall–Kier alpha value is -1.78. The Bertz CT molecular complexity index is 708. The standard InChI is InChI=1S/C18H24N4O/c23-17(18-10-13-7-14(11-18)9-15(8-13)12-18)19-3-4-21-5-6-22-16(21)1-2-20-22/h1-2,5-6,13-15H,3-4,7-12H2,(H,19,23). The average Bonchev–Trinajstić information content (AvgIpc) is 3.10. The largest absolute Gasteiger partial charge is 0.354 e. The van der Waals surface area contributed by atoms with Gasteiger partial charge in [0, 0.05) is 37.0 Å². The summed E-state index contributed by atoms with van der Waals surface area (Å²) < 4.78 is 4.01. The third kappa shape index (κ3) is 2.12. The molecule has 23 heavy (non-hydrogen) atoms. The van der Waals surface area contributed by atoms with Gasteiger partial charge >= 0.3 is 0 Å². The van der Waals surface area contributed by atoms with Crippen LogP contribution in [0.15, 0.2) is 24.7 Å². The topological polar surface area (TPSA) is 51.3 Å². The van der Waals surface area contributed by atoms with Crippen LogP contribution in [0.5, 0.6) is 0 Å². The molecule has 2 aromatic heterocycles. The third-order valence-electron chi connectivity index (χ3n) is 6.49. The minimum Gasteiger partial charge on any atom is -0.354 e. The minimum atomic E-state index is -0.0304. The monoisotopic (exact) mass is 312 g/mol. The third-order valence-corrected chi connectivity index (χ3v) is 6.49. The fourth-order valence-electron chi connectivity index (χ4n) is 5.92. The zero-order valence-corrected chi connectivity index (χ0v) is 13.4. The van der Waals surface area contributed by atoms with Crippen molar-refractivity contribution in [1.29, 1.82) is 0 Å². The van der Waals surface area contributed by atoms with Crippen LogP contribution < -0.4 is 5.32 Å². The van der Waals surface area contributed by atoms with Gasteiger partial charge in [0.25, 0.3) is 0 Å². The van der Waals surface area contributed by atoms with Crippen LogP contribution in [0.25, 0.3) is 5.65 Å². The normalized spacial score (nSPS) is 35.0. The van der Waals surface area contributed by atoms with Crippen molar-refractivity contribution >= 4 is 11.6 Å². The van der Waals surface area contributed by atoms with Crippen LogP contribution in [0.2, 0.25) is 0 Å². The summed E-state index contributed by atoms with van der Waals surface area (Å²) in [5.74, 6) is 2.79. The van der Waals surface area contributed by atoms with E-state index in [1.165, 1.54) is 19.3 Å². The molecule has 4 bridgehead atoms. The number of nitrogens with zero attached hydrogens (tertiary/aromatic N) is 3. The second kappa shape index (κ2) is 4.86. The van der Waals surface area contributed by atoms with Gasteiger partial charge in [-0.05, 0) is 56.3 Å². The van der Waals surface area contributed by atoms with Crippen LogP contribution in [-0.4, -0.2) is 26.6 Å². The van der Waals surface area contributed by atoms with Gasteiger partial charge in [-0.3, -0.25) is 4.79 Å². The molecule has 2 heterocycles. The molecule has 0 aromatic carbocycles. The molecule has 0 atom stereocenters. The van der Waals surface area contributed by atoms with Crippen LogP contribution in [-0.2, 0) is 11.3 Å². The molecule has 4 fully saturated rings. The van der Waals surface area contributed by atoms with E-state index in [9.17, 15) is 4.79 Å². The van der Waals surface area contributed by atoms with E-state index in [-0.39, 0.29) is 5.41 Å². The first-order valence-corrected chi connectivity index (χ1v) is 8.99. The van der Waals surface area contributed by atoms with Gasteiger partial charge in [0.15, 0.2) is 0 Å². The highest BCUT2D eigenvalue weighted by atomic mass is 16.2. The number of amides is 1. The molecule has 5 heteroatoms. The van der Waals surface area contributed by atoms with Gasteiger partial charge in [0.2, 0.25) is 5.91 Å². The SMILES string of the molecule is O=C(NCCn1ccn2nccc12)C12CC3CC(CC(C3)C1)C2. The minimum absolute atomic E-state index is 0.0304. The molecule has 122 valence electrons. The van der Waals surface area contributed by atoms with Gasteiger partial charge in [0.1, 0.15) is 5.65 Å². The Morgan fingerprint density at radius 2 is 1.87 bits per heavy atom. The number of rotatable bonds is 4. The highest BCUT2D eigenvalue weighted by Gasteiger charge is 2.54. The number of imidazole rings is 1. The van der Waals surface area contributed by atoms with E-state index in [0.29, 0.717) is 12.5 Å². The molecule has 0 aliphatic heterocycles. The van der Waals surface area contributed by atoms with E-state index in [2.05, 4.69) is 15.0 Å². The van der Waals surface area contributed by atoms with Crippen molar-refractivity contribution < 1.29 is 4.79 Å². The summed E-state index contributed by atoms with van der Waals surface area (Å²) in [5.41, 5.74) is 1.05. The summed E-state index contributed by atoms with van der Waals surface area (Å²) in [6.45, 7) is 1.51. The van der Waals surface area contributed by atoms with Crippen molar-refractivity contribution in [2.45, 2.75) is 45.1 Å². The number of fused-ring (bicyclic) bond motifs is 1. The van der Waals surface area contributed by atoms with Crippen LogP contribution in [0.1, 0.15) is 38.5 Å². The zero-order chi connectivity index (χ0) is 15.4. The molecule has 6 rings (SSSR count). The first kappa shape index (κ1) is 13.6. The molecule has 0 unspecified atom stereocenters. The summed E-state index contributed by atoms with van der Waals surface area (Å²) in [5, 5.41) is 7.46. The summed E-state index contributed by atoms with van der Waals surface area (Å²) in [7, 11) is 0. The molecule has 0 spiro atoms. The van der Waals surface area contributed by atoms with E-state index in [1.807, 2.05) is 23.0 Å². The predicted molar refractivity (Wildman–Crippen MR) is 86.8 cm³/mol. The van der Waals surface area contributed by atoms with E-state index in [4.69, 9.17) is 0 Å². The van der Waals surface area contributed by atoms with Crippen molar-refractivity contribution in [3.63, 3.8) is 0 Å². The Morgan fingerprint density at radius 3 is 2.57 bits per heavy atom. The molecular formula is C18H24N4O. The zero-order valence-electron chi connectivity index (χ0n) is 13.4. The summed E-state index contributed by atoms with van der Waals surface area (Å²) >= 11 is 0. The van der Waals surface area contributed by atoms with Gasteiger partial charge in [-0.15, -0.1) is 0 Å². The van der Waals surface area contributed by atoms with Gasteiger partial charge in [0.05, 0.1) is 6.20 Å². The number of carbonyl (C=O) groups is 1. The maximum Gasteiger partial charge on any atom is 0.226 e. The van der Waals surface area contributed by atoms with Gasteiger partial charge in [-0.1, -0.05) is 0 Å². The van der Waals surface area contributed by atoms with E-state index < -0.39 is 0 Å². The molecule has 4 saturated carbocycles. The molecule has 4 aliphatic rings. The number of hydrogen-bond donors (Lipinski definition) is 1. The van der Waals surface area contributed by atoms with Crippen molar-refractivity contribution in [3.8, 4) is 0 Å². The van der Waals surface area contributed by atoms with Crippen LogP contribution in [0, 0.1) is 23.2 Å². The number of carbonyl (C=O) groups excluding carboxylic acids is 1. The quantitative estimate of drug-likeness (QED) is 0.943. The lowest BCUT2D eigenvalue weighted by atomic mass is 9.49. The summed E-state index contributed by atoms with van der Waals surface area (Å²) in [6, 6.07) is 2.00. The lowest BCUT2D eigenvalue weighted by molar-refractivity contribution is -0.146. The van der Waals surface area contributed by atoms with E-state index >= 15 is 0 Å². The van der Waals surface area contributed by atoms with E-state index in [1.54, 1.807) is 6.20 Å². The predicted octanol–water partition coefficient (Wildman–Crippen LogP) is 2.47. The molecule has 1 amide bonds. The maximum atomic E-state index is 12.9. The molecule has 4 aliphatic carbocycles. The molecule has 5 nitrogen and oxygen atoms in total. The average molecular weight is 312 g/mol. The second-order valence-electron chi connectivity index (χ2n) is 8.08. The first-order chi connectivity index (χ1) is 11.2. The number of nitrogens with one attached hydrogen (secondary N) is 1. The lowest BCUT2D eigenvalue weighted by Gasteiger charge is -2.55. The van der Waals surface area contributed by atoms with Gasteiger partial charge < -0.3 is 9.88 Å². The first-order valence-electron chi connectivity index (χ1n) is 8.99. The lowest BCUT2D eigenvalue weighted by Crippen LogP contribution is -2.53. The smallest absolute Gasteiger partial charge is 0.226 e. The highest BCUT2D eigenvalue weighted by Crippen LogP contribution is 2.60. The van der Waals surface area contributed by atoms with E-state index in [0.717, 1.165) is 49.2 Å². The Labute approximate surface area is 136 Å². The van der Waals surface area contributed by atoms with Crippen LogP contribution >= 0.6 is 0 Å². The fraction of sp³-hybridized carbons (Fsp3) is 0.667. The maximum absolute atomic E-state index is 12.9. The summed E-state index contributed by atoms with van der Waals surface area (Å²) in [4.78, 5) is 12.9. The van der Waals surface area contributed by atoms with Crippen molar-refractivity contribution in [2.75, 3.05) is 6.54 Å². The highest BCUT2D eigenvalue weighted by molar-refractivity contribution is 5.83. The number of hydrogen-bond acceptors (Lipinski definition) is 2. The number of aromatic nitrogens is 3. The van der Waals surface area contributed by atoms with Gasteiger partial charge in [-0.2, -0.15) is 5.10 Å². The second-order valence-corrected chi connectivity index (χ2v) is 8.08. The molecule has 2 aromatic rings.